The van der Waals surface area contributed by atoms with Crippen LogP contribution in [-0.2, 0) is 0 Å². The maximum Gasteiger partial charge on any atom is 0.273 e. The van der Waals surface area contributed by atoms with Gasteiger partial charge >= 0.3 is 0 Å². The third kappa shape index (κ3) is 3.70. The summed E-state index contributed by atoms with van der Waals surface area (Å²) in [6.07, 6.45) is 1.85. The first kappa shape index (κ1) is 19.8. The molecule has 31 heavy (non-hydrogen) atoms. The average molecular weight is 437 g/mol. The number of pyridine rings is 1. The molecule has 4 heterocycles. The van der Waals surface area contributed by atoms with Gasteiger partial charge in [-0.1, -0.05) is 23.4 Å². The van der Waals surface area contributed by atoms with E-state index in [0.717, 1.165) is 33.9 Å². The first-order chi connectivity index (χ1) is 15.0. The summed E-state index contributed by atoms with van der Waals surface area (Å²) < 4.78 is 15.3. The monoisotopic (exact) mass is 436 g/mol. The van der Waals surface area contributed by atoms with E-state index >= 15 is 0 Å². The summed E-state index contributed by atoms with van der Waals surface area (Å²) in [6, 6.07) is 10.3. The largest absolute Gasteiger partial charge is 0.334 e. The molecule has 4 aromatic rings. The van der Waals surface area contributed by atoms with E-state index in [1.807, 2.05) is 48.6 Å². The van der Waals surface area contributed by atoms with Gasteiger partial charge in [0, 0.05) is 36.8 Å². The van der Waals surface area contributed by atoms with Gasteiger partial charge in [-0.05, 0) is 37.7 Å². The Labute approximate surface area is 182 Å². The zero-order chi connectivity index (χ0) is 21.5. The number of halogens is 1. The fraction of sp³-hybridized carbons (Fsp3) is 0.273. The van der Waals surface area contributed by atoms with Gasteiger partial charge in [0.15, 0.2) is 0 Å². The SMILES string of the molecule is Cc1nc(C(=O)N2CCN(C)C(c3nnn4cc(-c5cccc(F)c5)ccc34)C2)cs1. The molecule has 1 aliphatic heterocycles. The van der Waals surface area contributed by atoms with Crippen molar-refractivity contribution in [2.75, 3.05) is 26.7 Å². The van der Waals surface area contributed by atoms with Gasteiger partial charge in [-0.15, -0.1) is 16.4 Å². The highest BCUT2D eigenvalue weighted by Gasteiger charge is 2.32. The number of benzene rings is 1. The zero-order valence-electron chi connectivity index (χ0n) is 17.2. The molecule has 7 nitrogen and oxygen atoms in total. The molecule has 1 amide bonds. The Hall–Kier alpha value is -3.17. The van der Waals surface area contributed by atoms with Crippen LogP contribution in [0.3, 0.4) is 0 Å². The van der Waals surface area contributed by atoms with Crippen LogP contribution in [0.15, 0.2) is 48.0 Å². The maximum atomic E-state index is 13.6. The molecule has 158 valence electrons. The zero-order valence-corrected chi connectivity index (χ0v) is 18.0. The standard InChI is InChI=1S/C22H21FN6OS/c1-14-24-18(13-31-14)22(30)28-9-8-27(2)20(12-28)21-19-7-6-16(11-29(19)26-25-21)15-4-3-5-17(23)10-15/h3-7,10-11,13,20H,8-9,12H2,1-2H3. The molecule has 0 radical (unpaired) electrons. The molecular formula is C22H21FN6OS. The Bertz CT molecular complexity index is 1270. The van der Waals surface area contributed by atoms with Gasteiger partial charge in [-0.25, -0.2) is 13.9 Å². The molecule has 1 saturated heterocycles. The fourth-order valence-corrected chi connectivity index (χ4v) is 4.55. The Balaban J connectivity index is 1.44. The lowest BCUT2D eigenvalue weighted by Gasteiger charge is -2.38. The number of thiazole rings is 1. The van der Waals surface area contributed by atoms with Crippen LogP contribution < -0.4 is 0 Å². The van der Waals surface area contributed by atoms with E-state index < -0.39 is 0 Å². The second-order valence-electron chi connectivity index (χ2n) is 7.73. The summed E-state index contributed by atoms with van der Waals surface area (Å²) in [5.41, 5.74) is 3.83. The quantitative estimate of drug-likeness (QED) is 0.492. The van der Waals surface area contributed by atoms with Crippen LogP contribution in [0.4, 0.5) is 4.39 Å². The predicted molar refractivity (Wildman–Crippen MR) is 117 cm³/mol. The molecule has 5 rings (SSSR count). The molecule has 9 heteroatoms. The summed E-state index contributed by atoms with van der Waals surface area (Å²) in [5.74, 6) is -0.326. The van der Waals surface area contributed by atoms with E-state index in [9.17, 15) is 9.18 Å². The van der Waals surface area contributed by atoms with E-state index in [4.69, 9.17) is 0 Å². The number of hydrogen-bond acceptors (Lipinski definition) is 6. The highest BCUT2D eigenvalue weighted by Crippen LogP contribution is 2.28. The molecule has 0 spiro atoms. The lowest BCUT2D eigenvalue weighted by Crippen LogP contribution is -2.49. The molecular weight excluding hydrogens is 415 g/mol. The predicted octanol–water partition coefficient (Wildman–Crippen LogP) is 3.43. The van der Waals surface area contributed by atoms with Gasteiger partial charge in [0.1, 0.15) is 17.2 Å². The molecule has 0 aliphatic carbocycles. The number of amides is 1. The smallest absolute Gasteiger partial charge is 0.273 e. The number of carbonyl (C=O) groups is 1. The van der Waals surface area contributed by atoms with E-state index in [0.29, 0.717) is 18.8 Å². The van der Waals surface area contributed by atoms with Crippen LogP contribution in [0.5, 0.6) is 0 Å². The van der Waals surface area contributed by atoms with Crippen LogP contribution in [0, 0.1) is 12.7 Å². The number of likely N-dealkylation sites (N-methyl/N-ethyl adjacent to an activating group) is 1. The van der Waals surface area contributed by atoms with Gasteiger partial charge in [0.05, 0.1) is 16.6 Å². The molecule has 3 aromatic heterocycles. The lowest BCUT2D eigenvalue weighted by atomic mass is 10.1. The summed E-state index contributed by atoms with van der Waals surface area (Å²) in [4.78, 5) is 21.3. The van der Waals surface area contributed by atoms with Crippen molar-refractivity contribution in [1.29, 1.82) is 0 Å². The molecule has 1 fully saturated rings. The van der Waals surface area contributed by atoms with Crippen LogP contribution in [0.2, 0.25) is 0 Å². The summed E-state index contributed by atoms with van der Waals surface area (Å²) in [5, 5.41) is 11.4. The van der Waals surface area contributed by atoms with Crippen molar-refractivity contribution in [3.8, 4) is 11.1 Å². The van der Waals surface area contributed by atoms with Gasteiger partial charge < -0.3 is 4.90 Å². The number of hydrogen-bond donors (Lipinski definition) is 0. The minimum absolute atomic E-state index is 0.0488. The second-order valence-corrected chi connectivity index (χ2v) is 8.79. The van der Waals surface area contributed by atoms with Crippen molar-refractivity contribution < 1.29 is 9.18 Å². The number of aryl methyl sites for hydroxylation is 1. The first-order valence-corrected chi connectivity index (χ1v) is 10.9. The van der Waals surface area contributed by atoms with E-state index in [2.05, 4.69) is 20.2 Å². The minimum atomic E-state index is -0.277. The Kier molecular flexibility index (Phi) is 4.99. The van der Waals surface area contributed by atoms with E-state index in [-0.39, 0.29) is 17.8 Å². The maximum absolute atomic E-state index is 13.6. The Morgan fingerprint density at radius 2 is 2.06 bits per heavy atom. The number of carbonyl (C=O) groups excluding carboxylic acids is 1. The van der Waals surface area contributed by atoms with Crippen molar-refractivity contribution in [1.82, 2.24) is 29.6 Å². The third-order valence-electron chi connectivity index (χ3n) is 5.69. The van der Waals surface area contributed by atoms with Crippen molar-refractivity contribution in [2.24, 2.45) is 0 Å². The lowest BCUT2D eigenvalue weighted by molar-refractivity contribution is 0.0537. The number of aromatic nitrogens is 4. The normalized spacial score (nSPS) is 17.4. The molecule has 1 aliphatic rings. The van der Waals surface area contributed by atoms with Crippen LogP contribution in [-0.4, -0.2) is 62.2 Å². The van der Waals surface area contributed by atoms with Crippen LogP contribution >= 0.6 is 11.3 Å². The van der Waals surface area contributed by atoms with Gasteiger partial charge in [-0.2, -0.15) is 0 Å². The van der Waals surface area contributed by atoms with Crippen LogP contribution in [0.25, 0.3) is 16.6 Å². The summed E-state index contributed by atoms with van der Waals surface area (Å²) >= 11 is 1.48. The van der Waals surface area contributed by atoms with Crippen molar-refractivity contribution >= 4 is 22.8 Å². The molecule has 0 saturated carbocycles. The molecule has 0 bridgehead atoms. The van der Waals surface area contributed by atoms with E-state index in [1.54, 1.807) is 10.6 Å². The molecule has 1 atom stereocenters. The van der Waals surface area contributed by atoms with Crippen LogP contribution in [0.1, 0.15) is 27.2 Å². The Morgan fingerprint density at radius 1 is 1.19 bits per heavy atom. The minimum Gasteiger partial charge on any atom is -0.334 e. The molecule has 1 unspecified atom stereocenters. The number of fused-ring (bicyclic) bond motifs is 1. The first-order valence-electron chi connectivity index (χ1n) is 10.0. The van der Waals surface area contributed by atoms with E-state index in [1.165, 1.54) is 23.5 Å². The van der Waals surface area contributed by atoms with Gasteiger partial charge in [0.25, 0.3) is 5.91 Å². The van der Waals surface area contributed by atoms with Crippen molar-refractivity contribution in [2.45, 2.75) is 13.0 Å². The van der Waals surface area contributed by atoms with Crippen molar-refractivity contribution in [3.63, 3.8) is 0 Å². The highest BCUT2D eigenvalue weighted by molar-refractivity contribution is 7.09. The third-order valence-corrected chi connectivity index (χ3v) is 6.46. The summed E-state index contributed by atoms with van der Waals surface area (Å²) in [7, 11) is 2.03. The Morgan fingerprint density at radius 3 is 2.84 bits per heavy atom. The second kappa shape index (κ2) is 7.82. The average Bonchev–Trinajstić information content (AvgIpc) is 3.39. The molecule has 1 aromatic carbocycles. The van der Waals surface area contributed by atoms with Gasteiger partial charge in [-0.3, -0.25) is 9.69 Å². The topological polar surface area (TPSA) is 66.6 Å². The van der Waals surface area contributed by atoms with Crippen molar-refractivity contribution in [3.05, 3.63) is 70.2 Å². The summed E-state index contributed by atoms with van der Waals surface area (Å²) in [6.45, 7) is 3.80. The molecule has 0 N–H and O–H groups in total. The fourth-order valence-electron chi connectivity index (χ4n) is 3.97. The number of rotatable bonds is 3. The number of piperazine rings is 1. The number of nitrogens with zero attached hydrogens (tertiary/aromatic N) is 6. The highest BCUT2D eigenvalue weighted by atomic mass is 32.1. The van der Waals surface area contributed by atoms with Gasteiger partial charge in [0.2, 0.25) is 0 Å².